The molecule has 7 heteroatoms. The standard InChI is InChI=1S/C11H13FIN3O2/c1-6-4-15(5-9(6)14)10-2-7(12)8(13)3-11(10)16(17)18/h2-3,6,9H,4-5,14H2,1H3. The molecule has 0 spiro atoms. The van der Waals surface area contributed by atoms with Crippen LogP contribution in [-0.2, 0) is 0 Å². The van der Waals surface area contributed by atoms with E-state index in [4.69, 9.17) is 5.73 Å². The quantitative estimate of drug-likeness (QED) is 0.495. The van der Waals surface area contributed by atoms with Crippen LogP contribution >= 0.6 is 22.6 Å². The van der Waals surface area contributed by atoms with E-state index in [1.54, 1.807) is 27.5 Å². The van der Waals surface area contributed by atoms with Gasteiger partial charge in [-0.05, 0) is 28.5 Å². The van der Waals surface area contributed by atoms with Gasteiger partial charge in [0.2, 0.25) is 0 Å². The molecule has 0 amide bonds. The fraction of sp³-hybridized carbons (Fsp3) is 0.455. The lowest BCUT2D eigenvalue weighted by atomic mass is 10.1. The summed E-state index contributed by atoms with van der Waals surface area (Å²) < 4.78 is 13.8. The van der Waals surface area contributed by atoms with Gasteiger partial charge in [-0.1, -0.05) is 6.92 Å². The number of nitro groups is 1. The van der Waals surface area contributed by atoms with Gasteiger partial charge in [-0.2, -0.15) is 0 Å². The summed E-state index contributed by atoms with van der Waals surface area (Å²) in [4.78, 5) is 12.3. The number of benzene rings is 1. The van der Waals surface area contributed by atoms with Crippen molar-refractivity contribution in [3.63, 3.8) is 0 Å². The van der Waals surface area contributed by atoms with Gasteiger partial charge in [0.25, 0.3) is 5.69 Å². The molecule has 1 fully saturated rings. The number of rotatable bonds is 2. The summed E-state index contributed by atoms with van der Waals surface area (Å²) in [5.74, 6) is -0.198. The molecule has 0 aromatic heterocycles. The maximum absolute atomic E-state index is 13.6. The van der Waals surface area contributed by atoms with Crippen molar-refractivity contribution in [2.75, 3.05) is 18.0 Å². The molecule has 0 aliphatic carbocycles. The summed E-state index contributed by atoms with van der Waals surface area (Å²) in [5.41, 5.74) is 6.14. The number of nitro benzene ring substituents is 1. The lowest BCUT2D eigenvalue weighted by Gasteiger charge is -2.18. The SMILES string of the molecule is CC1CN(c2cc(F)c(I)cc2[N+](=O)[O-])CC1N. The van der Waals surface area contributed by atoms with Crippen LogP contribution in [0.15, 0.2) is 12.1 Å². The molecular formula is C11H13FIN3O2. The van der Waals surface area contributed by atoms with E-state index in [1.165, 1.54) is 12.1 Å². The van der Waals surface area contributed by atoms with Crippen LogP contribution < -0.4 is 10.6 Å². The number of nitrogens with zero attached hydrogens (tertiary/aromatic N) is 2. The first kappa shape index (κ1) is 13.5. The fourth-order valence-corrected chi connectivity index (χ4v) is 2.56. The molecule has 1 aliphatic rings. The monoisotopic (exact) mass is 365 g/mol. The highest BCUT2D eigenvalue weighted by Gasteiger charge is 2.31. The van der Waals surface area contributed by atoms with Gasteiger partial charge in [-0.15, -0.1) is 0 Å². The van der Waals surface area contributed by atoms with Crippen molar-refractivity contribution < 1.29 is 9.31 Å². The van der Waals surface area contributed by atoms with Crippen molar-refractivity contribution in [3.05, 3.63) is 31.6 Å². The largest absolute Gasteiger partial charge is 0.364 e. The Labute approximate surface area is 117 Å². The molecule has 1 saturated heterocycles. The van der Waals surface area contributed by atoms with Crippen LogP contribution in [0.25, 0.3) is 0 Å². The third-order valence-corrected chi connectivity index (χ3v) is 4.05. The minimum absolute atomic E-state index is 0.0352. The van der Waals surface area contributed by atoms with Crippen molar-refractivity contribution in [2.45, 2.75) is 13.0 Å². The Kier molecular flexibility index (Phi) is 3.71. The van der Waals surface area contributed by atoms with Gasteiger partial charge in [0.1, 0.15) is 11.5 Å². The van der Waals surface area contributed by atoms with E-state index in [0.29, 0.717) is 18.8 Å². The number of hydrogen-bond acceptors (Lipinski definition) is 4. The van der Waals surface area contributed by atoms with Gasteiger partial charge in [0.05, 0.1) is 8.49 Å². The van der Waals surface area contributed by atoms with E-state index < -0.39 is 10.7 Å². The topological polar surface area (TPSA) is 72.4 Å². The second kappa shape index (κ2) is 4.96. The van der Waals surface area contributed by atoms with Gasteiger partial charge < -0.3 is 10.6 Å². The number of nitrogens with two attached hydrogens (primary N) is 1. The average Bonchev–Trinajstić information content (AvgIpc) is 2.62. The van der Waals surface area contributed by atoms with E-state index in [9.17, 15) is 14.5 Å². The number of halogens is 2. The summed E-state index contributed by atoms with van der Waals surface area (Å²) in [6, 6.07) is 2.46. The van der Waals surface area contributed by atoms with Crippen LogP contribution in [0, 0.1) is 25.4 Å². The van der Waals surface area contributed by atoms with Crippen LogP contribution in [-0.4, -0.2) is 24.1 Å². The highest BCUT2D eigenvalue weighted by Crippen LogP contribution is 2.34. The lowest BCUT2D eigenvalue weighted by molar-refractivity contribution is -0.384. The van der Waals surface area contributed by atoms with Gasteiger partial charge in [-0.25, -0.2) is 4.39 Å². The Balaban J connectivity index is 2.43. The maximum Gasteiger partial charge on any atom is 0.293 e. The predicted octanol–water partition coefficient (Wildman–Crippen LogP) is 2.12. The van der Waals surface area contributed by atoms with Crippen molar-refractivity contribution in [1.82, 2.24) is 0 Å². The van der Waals surface area contributed by atoms with Crippen molar-refractivity contribution in [2.24, 2.45) is 11.7 Å². The van der Waals surface area contributed by atoms with Crippen molar-refractivity contribution in [3.8, 4) is 0 Å². The first-order chi connectivity index (χ1) is 8.40. The van der Waals surface area contributed by atoms with Crippen LogP contribution in [0.4, 0.5) is 15.8 Å². The van der Waals surface area contributed by atoms with Crippen LogP contribution in [0.3, 0.4) is 0 Å². The lowest BCUT2D eigenvalue weighted by Crippen LogP contribution is -2.28. The van der Waals surface area contributed by atoms with Gasteiger partial charge in [0.15, 0.2) is 0 Å². The number of anilines is 1. The normalized spacial score (nSPS) is 23.4. The molecule has 0 radical (unpaired) electrons. The van der Waals surface area contributed by atoms with Crippen molar-refractivity contribution in [1.29, 1.82) is 0 Å². The Morgan fingerprint density at radius 3 is 2.72 bits per heavy atom. The summed E-state index contributed by atoms with van der Waals surface area (Å²) in [5, 5.41) is 11.0. The average molecular weight is 365 g/mol. The molecule has 1 aromatic rings. The molecule has 0 bridgehead atoms. The second-order valence-corrected chi connectivity index (χ2v) is 5.72. The zero-order valence-corrected chi connectivity index (χ0v) is 11.9. The van der Waals surface area contributed by atoms with E-state index in [2.05, 4.69) is 0 Å². The molecule has 2 atom stereocenters. The molecule has 5 nitrogen and oxygen atoms in total. The van der Waals surface area contributed by atoms with Crippen LogP contribution in [0.1, 0.15) is 6.92 Å². The van der Waals surface area contributed by atoms with Crippen molar-refractivity contribution >= 4 is 34.0 Å². The zero-order chi connectivity index (χ0) is 13.4. The summed E-state index contributed by atoms with van der Waals surface area (Å²) in [7, 11) is 0. The molecule has 1 heterocycles. The molecule has 18 heavy (non-hydrogen) atoms. The Morgan fingerprint density at radius 1 is 1.56 bits per heavy atom. The smallest absolute Gasteiger partial charge is 0.293 e. The Bertz CT molecular complexity index is 487. The Hall–Kier alpha value is -0.960. The Morgan fingerprint density at radius 2 is 2.22 bits per heavy atom. The van der Waals surface area contributed by atoms with Gasteiger partial charge >= 0.3 is 0 Å². The first-order valence-electron chi connectivity index (χ1n) is 5.54. The summed E-state index contributed by atoms with van der Waals surface area (Å²) in [6.45, 7) is 3.11. The minimum Gasteiger partial charge on any atom is -0.364 e. The third-order valence-electron chi connectivity index (χ3n) is 3.23. The van der Waals surface area contributed by atoms with Crippen LogP contribution in [0.2, 0.25) is 0 Å². The summed E-state index contributed by atoms with van der Waals surface area (Å²) in [6.07, 6.45) is 0. The highest BCUT2D eigenvalue weighted by molar-refractivity contribution is 14.1. The predicted molar refractivity (Wildman–Crippen MR) is 75.1 cm³/mol. The summed E-state index contributed by atoms with van der Waals surface area (Å²) >= 11 is 1.75. The van der Waals surface area contributed by atoms with E-state index in [1.807, 2.05) is 6.92 Å². The molecule has 2 N–H and O–H groups in total. The molecule has 0 saturated carbocycles. The van der Waals surface area contributed by atoms with E-state index in [-0.39, 0.29) is 21.2 Å². The molecule has 98 valence electrons. The van der Waals surface area contributed by atoms with Gasteiger partial charge in [0, 0.05) is 31.3 Å². The maximum atomic E-state index is 13.6. The molecule has 2 rings (SSSR count). The molecular weight excluding hydrogens is 352 g/mol. The minimum atomic E-state index is -0.481. The first-order valence-corrected chi connectivity index (χ1v) is 6.62. The second-order valence-electron chi connectivity index (χ2n) is 4.56. The number of hydrogen-bond donors (Lipinski definition) is 1. The van der Waals surface area contributed by atoms with E-state index in [0.717, 1.165) is 0 Å². The fourth-order valence-electron chi connectivity index (χ4n) is 2.11. The molecule has 2 unspecified atom stereocenters. The van der Waals surface area contributed by atoms with E-state index >= 15 is 0 Å². The molecule has 1 aliphatic heterocycles. The zero-order valence-electron chi connectivity index (χ0n) is 9.77. The molecule has 1 aromatic carbocycles. The van der Waals surface area contributed by atoms with Crippen LogP contribution in [0.5, 0.6) is 0 Å². The third kappa shape index (κ3) is 2.41. The van der Waals surface area contributed by atoms with Gasteiger partial charge in [-0.3, -0.25) is 10.1 Å². The highest BCUT2D eigenvalue weighted by atomic mass is 127.